The van der Waals surface area contributed by atoms with Gasteiger partial charge in [0.05, 0.1) is 22.4 Å². The number of imide groups is 2. The van der Waals surface area contributed by atoms with Gasteiger partial charge in [-0.3, -0.25) is 44.0 Å². The number of hydrogen-bond acceptors (Lipinski definition) is 10. The number of benzene rings is 4. The van der Waals surface area contributed by atoms with E-state index in [-0.39, 0.29) is 82.3 Å². The molecule has 1 aliphatic carbocycles. The molecule has 3 fully saturated rings. The molecule has 6 amide bonds. The smallest absolute Gasteiger partial charge is 0.262 e. The molecule has 4 heterocycles. The van der Waals surface area contributed by atoms with E-state index in [0.29, 0.717) is 37.3 Å². The maximum absolute atomic E-state index is 16.4. The zero-order valence-corrected chi connectivity index (χ0v) is 38.7. The van der Waals surface area contributed by atoms with E-state index in [9.17, 15) is 28.8 Å². The molecule has 0 spiro atoms. The highest BCUT2D eigenvalue weighted by Crippen LogP contribution is 2.40. The molecule has 5 N–H and O–H groups in total. The van der Waals surface area contributed by atoms with Crippen LogP contribution in [0.2, 0.25) is 5.02 Å². The molecule has 16 heteroatoms. The van der Waals surface area contributed by atoms with Crippen molar-refractivity contribution >= 4 is 52.7 Å². The predicted octanol–water partition coefficient (Wildman–Crippen LogP) is 7.08. The number of aromatic nitrogens is 1. The van der Waals surface area contributed by atoms with Crippen molar-refractivity contribution in [2.24, 2.45) is 11.7 Å². The maximum atomic E-state index is 16.4. The molecule has 5 aromatic rings. The van der Waals surface area contributed by atoms with Gasteiger partial charge < -0.3 is 26.0 Å². The zero-order chi connectivity index (χ0) is 48.2. The number of amides is 6. The van der Waals surface area contributed by atoms with Crippen LogP contribution in [0.15, 0.2) is 103 Å². The average Bonchev–Trinajstić information content (AvgIpc) is 3.60. The molecule has 2 atom stereocenters. The fraction of sp³-hybridized carbons (Fsp3) is 0.340. The number of nitrogens with zero attached hydrogens (tertiary/aromatic N) is 3. The van der Waals surface area contributed by atoms with Crippen molar-refractivity contribution in [1.29, 1.82) is 0 Å². The van der Waals surface area contributed by atoms with E-state index in [4.69, 9.17) is 22.1 Å². The zero-order valence-electron chi connectivity index (χ0n) is 37.9. The third kappa shape index (κ3) is 10.4. The summed E-state index contributed by atoms with van der Waals surface area (Å²) in [6, 6.07) is 28.1. The van der Waals surface area contributed by atoms with Crippen LogP contribution >= 0.6 is 11.6 Å². The van der Waals surface area contributed by atoms with Gasteiger partial charge in [-0.15, -0.1) is 0 Å². The van der Waals surface area contributed by atoms with E-state index < -0.39 is 41.4 Å². The number of halogens is 2. The molecule has 4 aromatic carbocycles. The molecular weight excluding hydrogens is 901 g/mol. The summed E-state index contributed by atoms with van der Waals surface area (Å²) in [4.78, 5) is 84.1. The largest absolute Gasteiger partial charge is 0.484 e. The summed E-state index contributed by atoms with van der Waals surface area (Å²) in [5, 5.41) is 9.56. The van der Waals surface area contributed by atoms with Crippen molar-refractivity contribution in [3.8, 4) is 16.9 Å². The van der Waals surface area contributed by atoms with Crippen molar-refractivity contribution in [2.45, 2.75) is 88.4 Å². The lowest BCUT2D eigenvalue weighted by Gasteiger charge is -2.34. The highest BCUT2D eigenvalue weighted by atomic mass is 35.5. The molecule has 3 aliphatic heterocycles. The third-order valence-electron chi connectivity index (χ3n) is 13.9. The van der Waals surface area contributed by atoms with Crippen LogP contribution in [-0.4, -0.2) is 83.1 Å². The van der Waals surface area contributed by atoms with Crippen LogP contribution in [0.25, 0.3) is 11.1 Å². The Hall–Kier alpha value is -6.97. The Morgan fingerprint density at radius 1 is 0.812 bits per heavy atom. The van der Waals surface area contributed by atoms with Gasteiger partial charge in [0, 0.05) is 78.5 Å². The minimum atomic E-state index is -1.01. The highest BCUT2D eigenvalue weighted by Gasteiger charge is 2.45. The van der Waals surface area contributed by atoms with Gasteiger partial charge in [0.2, 0.25) is 23.6 Å². The highest BCUT2D eigenvalue weighted by molar-refractivity contribution is 6.33. The number of piperidine rings is 2. The molecule has 2 unspecified atom stereocenters. The Morgan fingerprint density at radius 3 is 2.28 bits per heavy atom. The van der Waals surface area contributed by atoms with Crippen LogP contribution in [0.5, 0.6) is 5.75 Å². The standard InChI is InChI=1S/C53H53ClFN7O7/c54-43-17-9-33(27-41(43)48-39(50(56)65)16-19-45(49(48)55)69-30-36-8-4-5-23-57-36)42(32-6-2-1-3-7-32)29-58-34-10-12-35(13-11-34)59-47(64)26-31-21-24-61(25-22-31)37-14-15-38-40(28-37)53(68)62(52(38)67)44-18-20-46(63)60-51(44)66/h1-9,14-17,19,23,27-28,31,34-35,42,44,58H,10-13,18,20-22,24-26,29-30H2,(H2,56,65)(H,59,64)(H,60,63,66). The third-order valence-corrected chi connectivity index (χ3v) is 14.2. The predicted molar refractivity (Wildman–Crippen MR) is 257 cm³/mol. The van der Waals surface area contributed by atoms with E-state index in [2.05, 4.69) is 38.0 Å². The van der Waals surface area contributed by atoms with E-state index in [0.717, 1.165) is 60.2 Å². The molecule has 0 radical (unpaired) electrons. The molecular formula is C53H53ClFN7O7. The topological polar surface area (TPSA) is 193 Å². The van der Waals surface area contributed by atoms with Gasteiger partial charge in [0.15, 0.2) is 11.6 Å². The fourth-order valence-electron chi connectivity index (χ4n) is 10.2. The quantitative estimate of drug-likeness (QED) is 0.0789. The van der Waals surface area contributed by atoms with Gasteiger partial charge in [-0.25, -0.2) is 4.39 Å². The number of primary amides is 1. The minimum absolute atomic E-state index is 0.0184. The van der Waals surface area contributed by atoms with Crippen molar-refractivity contribution < 1.29 is 37.9 Å². The summed E-state index contributed by atoms with van der Waals surface area (Å²) >= 11 is 6.79. The van der Waals surface area contributed by atoms with Gasteiger partial charge in [0.1, 0.15) is 12.6 Å². The Kier molecular flexibility index (Phi) is 14.1. The summed E-state index contributed by atoms with van der Waals surface area (Å²) in [5.74, 6) is -3.63. The van der Waals surface area contributed by atoms with E-state index in [1.165, 1.54) is 12.1 Å². The summed E-state index contributed by atoms with van der Waals surface area (Å²) in [6.07, 6.45) is 7.21. The molecule has 9 rings (SSSR count). The summed E-state index contributed by atoms with van der Waals surface area (Å²) in [6.45, 7) is 1.97. The molecule has 69 heavy (non-hydrogen) atoms. The van der Waals surface area contributed by atoms with Crippen molar-refractivity contribution in [2.75, 3.05) is 24.5 Å². The summed E-state index contributed by atoms with van der Waals surface area (Å²) in [7, 11) is 0. The molecule has 4 aliphatic rings. The van der Waals surface area contributed by atoms with Crippen LogP contribution in [0.3, 0.4) is 0 Å². The van der Waals surface area contributed by atoms with Gasteiger partial charge in [-0.05, 0) is 117 Å². The maximum Gasteiger partial charge on any atom is 0.262 e. The molecule has 1 aromatic heterocycles. The molecule has 2 saturated heterocycles. The van der Waals surface area contributed by atoms with Gasteiger partial charge >= 0.3 is 0 Å². The van der Waals surface area contributed by atoms with Crippen LogP contribution in [0.1, 0.15) is 112 Å². The molecule has 0 bridgehead atoms. The number of ether oxygens (including phenoxy) is 1. The molecule has 356 valence electrons. The number of carbonyl (C=O) groups excluding carboxylic acids is 6. The molecule has 1 saturated carbocycles. The second-order valence-electron chi connectivity index (χ2n) is 18.3. The first kappa shape index (κ1) is 47.1. The van der Waals surface area contributed by atoms with E-state index in [1.807, 2.05) is 42.5 Å². The van der Waals surface area contributed by atoms with Gasteiger partial charge in [-0.1, -0.05) is 54.1 Å². The number of carbonyl (C=O) groups is 6. The summed E-state index contributed by atoms with van der Waals surface area (Å²) in [5.41, 5.74) is 9.89. The number of nitrogens with two attached hydrogens (primary N) is 1. The van der Waals surface area contributed by atoms with E-state index >= 15 is 4.39 Å². The van der Waals surface area contributed by atoms with Crippen LogP contribution in [0.4, 0.5) is 10.1 Å². The summed E-state index contributed by atoms with van der Waals surface area (Å²) < 4.78 is 22.3. The lowest BCUT2D eigenvalue weighted by Crippen LogP contribution is -2.54. The minimum Gasteiger partial charge on any atom is -0.484 e. The Bertz CT molecular complexity index is 2780. The van der Waals surface area contributed by atoms with Gasteiger partial charge in [0.25, 0.3) is 11.8 Å². The monoisotopic (exact) mass is 953 g/mol. The van der Waals surface area contributed by atoms with E-state index in [1.54, 1.807) is 36.5 Å². The number of hydrogen-bond donors (Lipinski definition) is 4. The van der Waals surface area contributed by atoms with Crippen LogP contribution in [-0.2, 0) is 21.0 Å². The first-order valence-corrected chi connectivity index (χ1v) is 23.9. The number of anilines is 1. The number of fused-ring (bicyclic) bond motifs is 1. The first-order chi connectivity index (χ1) is 33.4. The van der Waals surface area contributed by atoms with Crippen molar-refractivity contribution in [3.63, 3.8) is 0 Å². The fourth-order valence-corrected chi connectivity index (χ4v) is 10.4. The van der Waals surface area contributed by atoms with Crippen LogP contribution in [0, 0.1) is 11.7 Å². The Labute approximate surface area is 404 Å². The second-order valence-corrected chi connectivity index (χ2v) is 18.7. The van der Waals surface area contributed by atoms with Crippen LogP contribution < -0.4 is 31.3 Å². The first-order valence-electron chi connectivity index (χ1n) is 23.5. The lowest BCUT2D eigenvalue weighted by atomic mass is 9.86. The average molecular weight is 954 g/mol. The SMILES string of the molecule is NC(=O)c1ccc(OCc2ccccn2)c(F)c1-c1cc(C(CNC2CCC(NC(=O)CC3CCN(c4ccc5c(c4)C(=O)N(C4CCC(=O)NC4=O)C5=O)CC3)CC2)c2ccccc2)ccc1Cl. The normalized spacial score (nSPS) is 20.1. The van der Waals surface area contributed by atoms with Crippen molar-refractivity contribution in [3.05, 3.63) is 148 Å². The Morgan fingerprint density at radius 2 is 1.55 bits per heavy atom. The lowest BCUT2D eigenvalue weighted by molar-refractivity contribution is -0.136. The molecule has 14 nitrogen and oxygen atoms in total. The van der Waals surface area contributed by atoms with Crippen molar-refractivity contribution in [1.82, 2.24) is 25.8 Å². The number of nitrogens with one attached hydrogen (secondary N) is 3. The van der Waals surface area contributed by atoms with Gasteiger partial charge in [-0.2, -0.15) is 0 Å². The Balaban J connectivity index is 0.780. The second kappa shape index (κ2) is 20.7. The number of pyridine rings is 1. The number of rotatable bonds is 15.